The molecule has 1 amide bonds. The number of hydrogen-bond acceptors (Lipinski definition) is 3. The molecule has 0 saturated heterocycles. The highest BCUT2D eigenvalue weighted by atomic mass is 16.5. The fraction of sp³-hybridized carbons (Fsp3) is 0.200. The second-order valence-corrected chi connectivity index (χ2v) is 5.81. The van der Waals surface area contributed by atoms with E-state index in [-0.39, 0.29) is 11.0 Å². The fourth-order valence-corrected chi connectivity index (χ4v) is 2.83. The van der Waals surface area contributed by atoms with Gasteiger partial charge in [0.2, 0.25) is 5.43 Å². The molecule has 3 aromatic rings. The van der Waals surface area contributed by atoms with Crippen molar-refractivity contribution in [3.8, 4) is 5.75 Å². The molecule has 1 heterocycles. The number of aromatic nitrogens is 1. The lowest BCUT2D eigenvalue weighted by atomic mass is 10.1. The summed E-state index contributed by atoms with van der Waals surface area (Å²) in [5.74, 6) is 0.176. The molecule has 25 heavy (non-hydrogen) atoms. The minimum absolute atomic E-state index is 0.117. The van der Waals surface area contributed by atoms with E-state index in [0.717, 1.165) is 11.1 Å². The van der Waals surface area contributed by atoms with Gasteiger partial charge in [-0.2, -0.15) is 0 Å². The van der Waals surface area contributed by atoms with Gasteiger partial charge >= 0.3 is 0 Å². The Bertz CT molecular complexity index is 1010. The number of amides is 1. The Morgan fingerprint density at radius 3 is 2.64 bits per heavy atom. The number of para-hydroxylation sites is 1. The third-order valence-electron chi connectivity index (χ3n) is 4.27. The molecule has 0 fully saturated rings. The van der Waals surface area contributed by atoms with Crippen molar-refractivity contribution in [2.75, 3.05) is 12.4 Å². The summed E-state index contributed by atoms with van der Waals surface area (Å²) in [5.41, 5.74) is 2.23. The predicted octanol–water partition coefficient (Wildman–Crippen LogP) is 3.59. The van der Waals surface area contributed by atoms with Crippen LogP contribution in [0.3, 0.4) is 0 Å². The molecule has 0 aliphatic rings. The van der Waals surface area contributed by atoms with Crippen molar-refractivity contribution in [2.24, 2.45) is 0 Å². The maximum absolute atomic E-state index is 12.9. The highest BCUT2D eigenvalue weighted by molar-refractivity contribution is 6.06. The van der Waals surface area contributed by atoms with Crippen LogP contribution in [0.15, 0.2) is 53.5 Å². The molecule has 5 nitrogen and oxygen atoms in total. The molecular weight excluding hydrogens is 316 g/mol. The number of fused-ring (bicyclic) bond motifs is 1. The molecule has 1 aromatic heterocycles. The molecule has 2 aromatic carbocycles. The number of pyridine rings is 1. The Morgan fingerprint density at radius 2 is 1.96 bits per heavy atom. The average molecular weight is 336 g/mol. The van der Waals surface area contributed by atoms with Crippen LogP contribution in [0.5, 0.6) is 5.75 Å². The van der Waals surface area contributed by atoms with Gasteiger partial charge in [0.25, 0.3) is 5.91 Å². The molecule has 128 valence electrons. The van der Waals surface area contributed by atoms with Crippen LogP contribution in [-0.2, 0) is 6.54 Å². The molecule has 3 rings (SSSR count). The predicted molar refractivity (Wildman–Crippen MR) is 99.6 cm³/mol. The number of carbonyl (C=O) groups is 1. The number of nitrogens with zero attached hydrogens (tertiary/aromatic N) is 1. The number of ether oxygens (including phenoxy) is 1. The van der Waals surface area contributed by atoms with Gasteiger partial charge in [-0.25, -0.2) is 0 Å². The van der Waals surface area contributed by atoms with Crippen LogP contribution in [0.4, 0.5) is 5.69 Å². The Morgan fingerprint density at radius 1 is 1.20 bits per heavy atom. The molecule has 0 atom stereocenters. The van der Waals surface area contributed by atoms with E-state index in [4.69, 9.17) is 4.74 Å². The summed E-state index contributed by atoms with van der Waals surface area (Å²) in [6.07, 6.45) is 1.62. The van der Waals surface area contributed by atoms with Crippen molar-refractivity contribution >= 4 is 22.5 Å². The van der Waals surface area contributed by atoms with Gasteiger partial charge in [0.1, 0.15) is 11.3 Å². The number of benzene rings is 2. The summed E-state index contributed by atoms with van der Waals surface area (Å²) >= 11 is 0. The molecule has 0 aliphatic carbocycles. The summed E-state index contributed by atoms with van der Waals surface area (Å²) in [6, 6.07) is 12.8. The number of carbonyl (C=O) groups excluding carboxylic acids is 1. The van der Waals surface area contributed by atoms with Crippen molar-refractivity contribution in [1.82, 2.24) is 4.57 Å². The highest BCUT2D eigenvalue weighted by Crippen LogP contribution is 2.20. The van der Waals surface area contributed by atoms with Gasteiger partial charge in [-0.3, -0.25) is 9.59 Å². The maximum Gasteiger partial charge on any atom is 0.261 e. The minimum atomic E-state index is -0.411. The third kappa shape index (κ3) is 3.13. The first-order chi connectivity index (χ1) is 12.0. The van der Waals surface area contributed by atoms with Crippen molar-refractivity contribution in [3.63, 3.8) is 0 Å². The van der Waals surface area contributed by atoms with E-state index >= 15 is 0 Å². The fourth-order valence-electron chi connectivity index (χ4n) is 2.83. The van der Waals surface area contributed by atoms with E-state index in [1.54, 1.807) is 25.4 Å². The van der Waals surface area contributed by atoms with Gasteiger partial charge in [-0.1, -0.05) is 18.2 Å². The summed E-state index contributed by atoms with van der Waals surface area (Å²) in [7, 11) is 1.55. The molecule has 0 bridgehead atoms. The molecule has 1 N–H and O–H groups in total. The van der Waals surface area contributed by atoms with Gasteiger partial charge in [0, 0.05) is 18.4 Å². The van der Waals surface area contributed by atoms with Crippen LogP contribution >= 0.6 is 0 Å². The number of nitrogens with one attached hydrogen (secondary N) is 1. The lowest BCUT2D eigenvalue weighted by molar-refractivity contribution is 0.102. The minimum Gasteiger partial charge on any atom is -0.497 e. The normalized spacial score (nSPS) is 10.7. The first-order valence-corrected chi connectivity index (χ1v) is 8.13. The largest absolute Gasteiger partial charge is 0.497 e. The van der Waals surface area contributed by atoms with Crippen molar-refractivity contribution in [1.29, 1.82) is 0 Å². The highest BCUT2D eigenvalue weighted by Gasteiger charge is 2.16. The zero-order valence-electron chi connectivity index (χ0n) is 14.5. The second kappa shape index (κ2) is 6.81. The number of rotatable bonds is 4. The topological polar surface area (TPSA) is 60.3 Å². The van der Waals surface area contributed by atoms with Crippen LogP contribution in [0.1, 0.15) is 22.8 Å². The summed E-state index contributed by atoms with van der Waals surface area (Å²) in [6.45, 7) is 4.52. The van der Waals surface area contributed by atoms with E-state index in [9.17, 15) is 9.59 Å². The Balaban J connectivity index is 2.12. The van der Waals surface area contributed by atoms with Crippen LogP contribution in [0.2, 0.25) is 0 Å². The first kappa shape index (κ1) is 16.8. The lowest BCUT2D eigenvalue weighted by Crippen LogP contribution is -2.24. The number of hydrogen-bond donors (Lipinski definition) is 1. The van der Waals surface area contributed by atoms with Gasteiger partial charge < -0.3 is 14.6 Å². The van der Waals surface area contributed by atoms with E-state index in [1.165, 1.54) is 0 Å². The van der Waals surface area contributed by atoms with Gasteiger partial charge in [0.05, 0.1) is 18.0 Å². The van der Waals surface area contributed by atoms with E-state index in [0.29, 0.717) is 23.4 Å². The monoisotopic (exact) mass is 336 g/mol. The molecule has 0 spiro atoms. The van der Waals surface area contributed by atoms with Gasteiger partial charge in [-0.05, 0) is 43.7 Å². The average Bonchev–Trinajstić information content (AvgIpc) is 2.63. The van der Waals surface area contributed by atoms with Crippen LogP contribution in [0, 0.1) is 6.92 Å². The van der Waals surface area contributed by atoms with Crippen LogP contribution in [0.25, 0.3) is 10.9 Å². The summed E-state index contributed by atoms with van der Waals surface area (Å²) in [4.78, 5) is 25.5. The van der Waals surface area contributed by atoms with Crippen molar-refractivity contribution in [2.45, 2.75) is 20.4 Å². The zero-order chi connectivity index (χ0) is 18.0. The second-order valence-electron chi connectivity index (χ2n) is 5.81. The third-order valence-corrected chi connectivity index (χ3v) is 4.27. The van der Waals surface area contributed by atoms with Gasteiger partial charge in [-0.15, -0.1) is 0 Å². The Kier molecular flexibility index (Phi) is 4.57. The molecule has 0 saturated carbocycles. The van der Waals surface area contributed by atoms with Crippen molar-refractivity contribution < 1.29 is 9.53 Å². The molecule has 0 aliphatic heterocycles. The SMILES string of the molecule is CCn1cc(C(=O)Nc2ccccc2C)c(=O)c2cc(OC)ccc21. The van der Waals surface area contributed by atoms with Gasteiger partial charge in [0.15, 0.2) is 0 Å². The molecule has 5 heteroatoms. The number of methoxy groups -OCH3 is 1. The van der Waals surface area contributed by atoms with E-state index in [2.05, 4.69) is 5.32 Å². The summed E-state index contributed by atoms with van der Waals surface area (Å²) in [5, 5.41) is 3.30. The number of anilines is 1. The lowest BCUT2D eigenvalue weighted by Gasteiger charge is -2.13. The number of aryl methyl sites for hydroxylation is 2. The van der Waals surface area contributed by atoms with Crippen molar-refractivity contribution in [3.05, 3.63) is 70.0 Å². The van der Waals surface area contributed by atoms with E-state index in [1.807, 2.05) is 48.7 Å². The quantitative estimate of drug-likeness (QED) is 0.792. The Hall–Kier alpha value is -3.08. The molecular formula is C20H20N2O3. The first-order valence-electron chi connectivity index (χ1n) is 8.13. The zero-order valence-corrected chi connectivity index (χ0v) is 14.5. The smallest absolute Gasteiger partial charge is 0.261 e. The molecule has 0 radical (unpaired) electrons. The standard InChI is InChI=1S/C20H20N2O3/c1-4-22-12-16(20(24)21-17-8-6-5-7-13(17)2)19(23)15-11-14(25-3)9-10-18(15)22/h5-12H,4H2,1-3H3,(H,21,24). The Labute approximate surface area is 145 Å². The maximum atomic E-state index is 12.9. The molecule has 0 unspecified atom stereocenters. The van der Waals surface area contributed by atoms with Crippen LogP contribution < -0.4 is 15.5 Å². The van der Waals surface area contributed by atoms with Crippen LogP contribution in [-0.4, -0.2) is 17.6 Å². The van der Waals surface area contributed by atoms with E-state index < -0.39 is 5.91 Å². The summed E-state index contributed by atoms with van der Waals surface area (Å²) < 4.78 is 7.11.